The summed E-state index contributed by atoms with van der Waals surface area (Å²) in [5.74, 6) is -1.40. The fourth-order valence-corrected chi connectivity index (χ4v) is 1.52. The molecule has 102 valence electrons. The Kier molecular flexibility index (Phi) is 5.51. The number of methoxy groups -OCH3 is 1. The summed E-state index contributed by atoms with van der Waals surface area (Å²) in [5, 5.41) is 17.2. The van der Waals surface area contributed by atoms with Gasteiger partial charge in [-0.25, -0.2) is 4.79 Å². The molecular formula is C13H15ClN2O3. The number of aliphatic hydroxyl groups excluding tert-OH is 1. The van der Waals surface area contributed by atoms with E-state index >= 15 is 0 Å². The first kappa shape index (κ1) is 15.2. The second kappa shape index (κ2) is 6.89. The molecule has 1 N–H and O–H groups in total. The number of hydrogen-bond acceptors (Lipinski definition) is 5. The number of esters is 1. The second-order valence-corrected chi connectivity index (χ2v) is 4.18. The second-order valence-electron chi connectivity index (χ2n) is 3.91. The van der Waals surface area contributed by atoms with Crippen LogP contribution in [-0.4, -0.2) is 24.1 Å². The molecule has 0 amide bonds. The molecule has 0 aliphatic carbocycles. The normalized spacial score (nSPS) is 12.4. The van der Waals surface area contributed by atoms with Crippen LogP contribution in [0.25, 0.3) is 0 Å². The lowest BCUT2D eigenvalue weighted by molar-refractivity contribution is -0.136. The molecule has 0 saturated carbocycles. The summed E-state index contributed by atoms with van der Waals surface area (Å²) >= 11 is 5.46. The molecule has 0 aromatic heterocycles. The number of alkyl halides is 1. The number of aryl methyl sites for hydroxylation is 2. The standard InChI is InChI=1S/C13H15ClN2O3/c1-8-4-5-10(9(2)6-8)15-16-12(11(17)7-14)13(18)19-3/h4-6,17H,7H2,1-3H3/b12-11-,16-15?. The van der Waals surface area contributed by atoms with Gasteiger partial charge in [-0.2, -0.15) is 0 Å². The van der Waals surface area contributed by atoms with Gasteiger partial charge >= 0.3 is 5.97 Å². The van der Waals surface area contributed by atoms with Gasteiger partial charge in [0.25, 0.3) is 0 Å². The number of benzene rings is 1. The Morgan fingerprint density at radius 2 is 2.11 bits per heavy atom. The maximum Gasteiger partial charge on any atom is 0.362 e. The van der Waals surface area contributed by atoms with E-state index in [9.17, 15) is 9.90 Å². The van der Waals surface area contributed by atoms with Crippen molar-refractivity contribution in [1.29, 1.82) is 0 Å². The molecule has 0 heterocycles. The van der Waals surface area contributed by atoms with Crippen molar-refractivity contribution >= 4 is 23.3 Å². The highest BCUT2D eigenvalue weighted by molar-refractivity contribution is 6.19. The number of hydrogen-bond donors (Lipinski definition) is 1. The third-order valence-corrected chi connectivity index (χ3v) is 2.64. The van der Waals surface area contributed by atoms with Crippen molar-refractivity contribution in [3.8, 4) is 0 Å². The molecule has 1 aromatic carbocycles. The minimum absolute atomic E-state index is 0.240. The SMILES string of the molecule is COC(=O)/C(N=Nc1ccc(C)cc1C)=C(/O)CCl. The maximum absolute atomic E-state index is 11.4. The number of carbonyl (C=O) groups excluding carboxylic acids is 1. The van der Waals surface area contributed by atoms with Crippen LogP contribution in [0.15, 0.2) is 39.9 Å². The predicted octanol–water partition coefficient (Wildman–Crippen LogP) is 3.57. The van der Waals surface area contributed by atoms with Gasteiger partial charge in [-0.3, -0.25) is 0 Å². The Hall–Kier alpha value is -1.88. The van der Waals surface area contributed by atoms with Gasteiger partial charge in [-0.1, -0.05) is 17.7 Å². The lowest BCUT2D eigenvalue weighted by Crippen LogP contribution is -2.06. The Bertz CT molecular complexity index is 539. The lowest BCUT2D eigenvalue weighted by atomic mass is 10.1. The van der Waals surface area contributed by atoms with Crippen LogP contribution in [-0.2, 0) is 9.53 Å². The molecule has 0 aliphatic heterocycles. The highest BCUT2D eigenvalue weighted by Gasteiger charge is 2.15. The topological polar surface area (TPSA) is 71.2 Å². The van der Waals surface area contributed by atoms with Gasteiger partial charge < -0.3 is 9.84 Å². The molecule has 1 aromatic rings. The van der Waals surface area contributed by atoms with Gasteiger partial charge in [0.2, 0.25) is 5.70 Å². The van der Waals surface area contributed by atoms with Gasteiger partial charge in [-0.05, 0) is 25.5 Å². The maximum atomic E-state index is 11.4. The summed E-state index contributed by atoms with van der Waals surface area (Å²) in [4.78, 5) is 11.4. The Labute approximate surface area is 116 Å². The molecule has 6 heteroatoms. The molecule has 0 fully saturated rings. The first-order valence-electron chi connectivity index (χ1n) is 5.55. The van der Waals surface area contributed by atoms with Gasteiger partial charge in [0.15, 0.2) is 0 Å². The van der Waals surface area contributed by atoms with E-state index in [4.69, 9.17) is 11.6 Å². The van der Waals surface area contributed by atoms with Crippen molar-refractivity contribution in [2.24, 2.45) is 10.2 Å². The van der Waals surface area contributed by atoms with E-state index in [0.717, 1.165) is 11.1 Å². The van der Waals surface area contributed by atoms with Gasteiger partial charge in [0.05, 0.1) is 18.7 Å². The van der Waals surface area contributed by atoms with Crippen molar-refractivity contribution in [2.45, 2.75) is 13.8 Å². The van der Waals surface area contributed by atoms with Crippen LogP contribution in [0.4, 0.5) is 5.69 Å². The highest BCUT2D eigenvalue weighted by Crippen LogP contribution is 2.21. The zero-order valence-electron chi connectivity index (χ0n) is 11.0. The molecule has 0 bridgehead atoms. The average Bonchev–Trinajstić information content (AvgIpc) is 2.40. The molecule has 5 nitrogen and oxygen atoms in total. The summed E-state index contributed by atoms with van der Waals surface area (Å²) in [6, 6.07) is 5.60. The van der Waals surface area contributed by atoms with E-state index in [1.54, 1.807) is 6.07 Å². The van der Waals surface area contributed by atoms with Gasteiger partial charge in [-0.15, -0.1) is 21.8 Å². The van der Waals surface area contributed by atoms with Crippen molar-refractivity contribution in [3.05, 3.63) is 40.8 Å². The number of azo groups is 1. The summed E-state index contributed by atoms with van der Waals surface area (Å²) in [6.07, 6.45) is 0. The number of allylic oxidation sites excluding steroid dienone is 1. The predicted molar refractivity (Wildman–Crippen MR) is 72.8 cm³/mol. The monoisotopic (exact) mass is 282 g/mol. The quantitative estimate of drug-likeness (QED) is 0.302. The number of ether oxygens (including phenoxy) is 1. The number of rotatable bonds is 4. The van der Waals surface area contributed by atoms with Crippen LogP contribution in [0.3, 0.4) is 0 Å². The van der Waals surface area contributed by atoms with Crippen molar-refractivity contribution < 1.29 is 14.6 Å². The zero-order valence-corrected chi connectivity index (χ0v) is 11.7. The number of nitrogens with zero attached hydrogens (tertiary/aromatic N) is 2. The van der Waals surface area contributed by atoms with Crippen LogP contribution in [0.5, 0.6) is 0 Å². The molecule has 1 rings (SSSR count). The van der Waals surface area contributed by atoms with Gasteiger partial charge in [0, 0.05) is 0 Å². The van der Waals surface area contributed by atoms with Crippen LogP contribution < -0.4 is 0 Å². The smallest absolute Gasteiger partial charge is 0.362 e. The number of halogens is 1. The zero-order chi connectivity index (χ0) is 14.4. The van der Waals surface area contributed by atoms with Crippen LogP contribution >= 0.6 is 11.6 Å². The average molecular weight is 283 g/mol. The molecule has 0 aliphatic rings. The Balaban J connectivity index is 3.09. The minimum Gasteiger partial charge on any atom is -0.508 e. The highest BCUT2D eigenvalue weighted by atomic mass is 35.5. The van der Waals surface area contributed by atoms with E-state index in [1.807, 2.05) is 26.0 Å². The van der Waals surface area contributed by atoms with Crippen LogP contribution in [0.1, 0.15) is 11.1 Å². The summed E-state index contributed by atoms with van der Waals surface area (Å²) < 4.78 is 4.50. The molecule has 0 spiro atoms. The van der Waals surface area contributed by atoms with Crippen molar-refractivity contribution in [3.63, 3.8) is 0 Å². The summed E-state index contributed by atoms with van der Waals surface area (Å²) in [7, 11) is 1.19. The fraction of sp³-hybridized carbons (Fsp3) is 0.308. The van der Waals surface area contributed by atoms with Crippen molar-refractivity contribution in [2.75, 3.05) is 13.0 Å². The van der Waals surface area contributed by atoms with E-state index in [1.165, 1.54) is 7.11 Å². The van der Waals surface area contributed by atoms with E-state index in [-0.39, 0.29) is 17.3 Å². The van der Waals surface area contributed by atoms with Crippen LogP contribution in [0.2, 0.25) is 0 Å². The van der Waals surface area contributed by atoms with Crippen LogP contribution in [0, 0.1) is 13.8 Å². The molecule has 0 saturated heterocycles. The molecule has 19 heavy (non-hydrogen) atoms. The van der Waals surface area contributed by atoms with E-state index < -0.39 is 5.97 Å². The third-order valence-electron chi connectivity index (χ3n) is 2.39. The Morgan fingerprint density at radius 3 is 2.63 bits per heavy atom. The number of carbonyl (C=O) groups is 1. The number of aliphatic hydroxyl groups is 1. The van der Waals surface area contributed by atoms with E-state index in [2.05, 4.69) is 15.0 Å². The van der Waals surface area contributed by atoms with Gasteiger partial charge in [0.1, 0.15) is 5.76 Å². The first-order valence-corrected chi connectivity index (χ1v) is 6.08. The summed E-state index contributed by atoms with van der Waals surface area (Å²) in [5.41, 5.74) is 2.33. The fourth-order valence-electron chi connectivity index (χ4n) is 1.40. The summed E-state index contributed by atoms with van der Waals surface area (Å²) in [6.45, 7) is 3.84. The lowest BCUT2D eigenvalue weighted by Gasteiger charge is -2.03. The minimum atomic E-state index is -0.785. The first-order chi connectivity index (χ1) is 8.99. The molecular weight excluding hydrogens is 268 g/mol. The molecule has 0 radical (unpaired) electrons. The van der Waals surface area contributed by atoms with E-state index in [0.29, 0.717) is 5.69 Å². The molecule has 0 atom stereocenters. The largest absolute Gasteiger partial charge is 0.508 e. The third kappa shape index (κ3) is 4.06. The molecule has 0 unspecified atom stereocenters. The Morgan fingerprint density at radius 1 is 1.42 bits per heavy atom. The van der Waals surface area contributed by atoms with Crippen molar-refractivity contribution in [1.82, 2.24) is 0 Å².